The van der Waals surface area contributed by atoms with Crippen LogP contribution >= 0.6 is 11.8 Å². The molecule has 0 aliphatic heterocycles. The molecule has 136 valence electrons. The summed E-state index contributed by atoms with van der Waals surface area (Å²) in [6, 6.07) is 10.6. The van der Waals surface area contributed by atoms with E-state index in [4.69, 9.17) is 5.11 Å². The Morgan fingerprint density at radius 3 is 2.73 bits per heavy atom. The quantitative estimate of drug-likeness (QED) is 0.765. The van der Waals surface area contributed by atoms with Crippen molar-refractivity contribution >= 4 is 29.3 Å². The number of carboxylic acid groups (broad SMARTS) is 1. The molecular formula is C19H17F2NO3S. The molecule has 2 aromatic carbocycles. The number of halogens is 2. The van der Waals surface area contributed by atoms with Gasteiger partial charge in [0.25, 0.3) is 0 Å². The van der Waals surface area contributed by atoms with Crippen molar-refractivity contribution in [1.82, 2.24) is 0 Å². The predicted octanol–water partition coefficient (Wildman–Crippen LogP) is 4.02. The lowest BCUT2D eigenvalue weighted by molar-refractivity contribution is -0.133. The van der Waals surface area contributed by atoms with Crippen molar-refractivity contribution in [2.45, 2.75) is 18.1 Å². The molecule has 2 aromatic rings. The average molecular weight is 377 g/mol. The highest BCUT2D eigenvalue weighted by atomic mass is 32.2. The highest BCUT2D eigenvalue weighted by molar-refractivity contribution is 7.99. The Bertz CT molecular complexity index is 843. The summed E-state index contributed by atoms with van der Waals surface area (Å²) in [5.74, 6) is -2.34. The minimum Gasteiger partial charge on any atom is -0.481 e. The molecular weight excluding hydrogens is 360 g/mol. The second-order valence-electron chi connectivity index (χ2n) is 6.19. The number of hydrogen-bond acceptors (Lipinski definition) is 3. The fourth-order valence-electron chi connectivity index (χ4n) is 2.86. The number of carbonyl (C=O) groups excluding carboxylic acids is 1. The minimum absolute atomic E-state index is 0.0174. The number of benzene rings is 2. The van der Waals surface area contributed by atoms with Gasteiger partial charge in [-0.05, 0) is 41.7 Å². The van der Waals surface area contributed by atoms with Crippen LogP contribution in [0, 0.1) is 17.6 Å². The van der Waals surface area contributed by atoms with Gasteiger partial charge in [-0.3, -0.25) is 9.59 Å². The topological polar surface area (TPSA) is 66.4 Å². The van der Waals surface area contributed by atoms with Gasteiger partial charge in [0.05, 0.1) is 5.75 Å². The highest BCUT2D eigenvalue weighted by Gasteiger charge is 2.45. The van der Waals surface area contributed by atoms with Crippen LogP contribution in [-0.2, 0) is 15.3 Å². The highest BCUT2D eigenvalue weighted by Crippen LogP contribution is 2.48. The molecule has 0 saturated heterocycles. The van der Waals surface area contributed by atoms with Crippen molar-refractivity contribution in [1.29, 1.82) is 0 Å². The molecule has 0 heterocycles. The third kappa shape index (κ3) is 4.60. The van der Waals surface area contributed by atoms with E-state index in [9.17, 15) is 18.4 Å². The summed E-state index contributed by atoms with van der Waals surface area (Å²) < 4.78 is 26.8. The van der Waals surface area contributed by atoms with Gasteiger partial charge in [0.2, 0.25) is 5.91 Å². The third-order valence-electron chi connectivity index (χ3n) is 4.18. The Morgan fingerprint density at radius 2 is 2.00 bits per heavy atom. The minimum atomic E-state index is -0.868. The van der Waals surface area contributed by atoms with E-state index in [2.05, 4.69) is 5.32 Å². The predicted molar refractivity (Wildman–Crippen MR) is 96.1 cm³/mol. The SMILES string of the molecule is O=C(O)CSCc1cccc(NC(=O)C2CC2c2ccc(F)cc2F)c1. The molecule has 7 heteroatoms. The first kappa shape index (κ1) is 18.4. The lowest BCUT2D eigenvalue weighted by Crippen LogP contribution is -2.14. The summed E-state index contributed by atoms with van der Waals surface area (Å²) in [7, 11) is 0. The Balaban J connectivity index is 1.58. The summed E-state index contributed by atoms with van der Waals surface area (Å²) in [5.41, 5.74) is 1.89. The van der Waals surface area contributed by atoms with Crippen LogP contribution in [0.1, 0.15) is 23.5 Å². The van der Waals surface area contributed by atoms with E-state index in [-0.39, 0.29) is 23.5 Å². The molecule has 0 aromatic heterocycles. The molecule has 2 unspecified atom stereocenters. The van der Waals surface area contributed by atoms with Gasteiger partial charge < -0.3 is 10.4 Å². The van der Waals surface area contributed by atoms with Crippen molar-refractivity contribution in [3.05, 3.63) is 65.2 Å². The molecule has 1 amide bonds. The fraction of sp³-hybridized carbons (Fsp3) is 0.263. The second kappa shape index (κ2) is 7.86. The van der Waals surface area contributed by atoms with E-state index in [1.807, 2.05) is 6.07 Å². The van der Waals surface area contributed by atoms with Crippen molar-refractivity contribution in [2.24, 2.45) is 5.92 Å². The van der Waals surface area contributed by atoms with Crippen LogP contribution in [-0.4, -0.2) is 22.7 Å². The van der Waals surface area contributed by atoms with Gasteiger partial charge in [0, 0.05) is 23.4 Å². The number of carboxylic acids is 1. The standard InChI is InChI=1S/C19H17F2NO3S/c20-12-4-5-14(17(21)7-12)15-8-16(15)19(25)22-13-3-1-2-11(6-13)9-26-10-18(23)24/h1-7,15-16H,8-10H2,(H,22,25)(H,23,24). The molecule has 1 aliphatic carbocycles. The number of rotatable bonds is 7. The Labute approximate surface area is 153 Å². The van der Waals surface area contributed by atoms with Crippen LogP contribution in [0.5, 0.6) is 0 Å². The second-order valence-corrected chi connectivity index (χ2v) is 7.18. The van der Waals surface area contributed by atoms with Crippen LogP contribution in [0.3, 0.4) is 0 Å². The zero-order valence-electron chi connectivity index (χ0n) is 13.7. The number of hydrogen-bond donors (Lipinski definition) is 2. The van der Waals surface area contributed by atoms with Gasteiger partial charge in [0.1, 0.15) is 11.6 Å². The monoisotopic (exact) mass is 377 g/mol. The first-order chi connectivity index (χ1) is 12.4. The van der Waals surface area contributed by atoms with Gasteiger partial charge >= 0.3 is 5.97 Å². The van der Waals surface area contributed by atoms with Crippen molar-refractivity contribution in [2.75, 3.05) is 11.1 Å². The van der Waals surface area contributed by atoms with Crippen LogP contribution in [0.2, 0.25) is 0 Å². The molecule has 0 bridgehead atoms. The average Bonchev–Trinajstić information content (AvgIpc) is 3.35. The first-order valence-corrected chi connectivity index (χ1v) is 9.24. The van der Waals surface area contributed by atoms with Gasteiger partial charge in [-0.25, -0.2) is 8.78 Å². The van der Waals surface area contributed by atoms with Gasteiger partial charge in [-0.2, -0.15) is 0 Å². The maximum Gasteiger partial charge on any atom is 0.313 e. The number of carbonyl (C=O) groups is 2. The van der Waals surface area contributed by atoms with Gasteiger partial charge in [-0.15, -0.1) is 11.8 Å². The largest absolute Gasteiger partial charge is 0.481 e. The number of aliphatic carboxylic acids is 1. The van der Waals surface area contributed by atoms with Gasteiger partial charge in [0.15, 0.2) is 0 Å². The van der Waals surface area contributed by atoms with Crippen LogP contribution in [0.15, 0.2) is 42.5 Å². The number of anilines is 1. The summed E-state index contributed by atoms with van der Waals surface area (Å²) in [4.78, 5) is 22.9. The number of amides is 1. The Hall–Kier alpha value is -2.41. The number of thioether (sulfide) groups is 1. The molecule has 1 fully saturated rings. The summed E-state index contributed by atoms with van der Waals surface area (Å²) in [5, 5.41) is 11.5. The third-order valence-corrected chi connectivity index (χ3v) is 5.17. The molecule has 1 saturated carbocycles. The van der Waals surface area contributed by atoms with Gasteiger partial charge in [-0.1, -0.05) is 18.2 Å². The van der Waals surface area contributed by atoms with E-state index in [0.29, 0.717) is 23.4 Å². The van der Waals surface area contributed by atoms with Crippen molar-refractivity contribution in [3.8, 4) is 0 Å². The molecule has 26 heavy (non-hydrogen) atoms. The zero-order valence-corrected chi connectivity index (χ0v) is 14.6. The summed E-state index contributed by atoms with van der Waals surface area (Å²) >= 11 is 1.28. The maximum absolute atomic E-state index is 13.8. The van der Waals surface area contributed by atoms with E-state index >= 15 is 0 Å². The molecule has 3 rings (SSSR count). The van der Waals surface area contributed by atoms with Crippen molar-refractivity contribution in [3.63, 3.8) is 0 Å². The molecule has 4 nitrogen and oxygen atoms in total. The van der Waals surface area contributed by atoms with Crippen LogP contribution in [0.25, 0.3) is 0 Å². The Morgan fingerprint density at radius 1 is 1.19 bits per heavy atom. The normalized spacial score (nSPS) is 18.4. The molecule has 2 N–H and O–H groups in total. The van der Waals surface area contributed by atoms with Crippen molar-refractivity contribution < 1.29 is 23.5 Å². The van der Waals surface area contributed by atoms with E-state index in [0.717, 1.165) is 11.6 Å². The lowest BCUT2D eigenvalue weighted by atomic mass is 10.1. The maximum atomic E-state index is 13.8. The summed E-state index contributed by atoms with van der Waals surface area (Å²) in [6.07, 6.45) is 0.530. The van der Waals surface area contributed by atoms with E-state index < -0.39 is 17.6 Å². The first-order valence-electron chi connectivity index (χ1n) is 8.08. The molecule has 0 radical (unpaired) electrons. The molecule has 0 spiro atoms. The summed E-state index contributed by atoms with van der Waals surface area (Å²) in [6.45, 7) is 0. The van der Waals surface area contributed by atoms with E-state index in [1.165, 1.54) is 23.9 Å². The molecule has 2 atom stereocenters. The molecule has 1 aliphatic rings. The Kier molecular flexibility index (Phi) is 5.56. The fourth-order valence-corrected chi connectivity index (χ4v) is 3.55. The zero-order chi connectivity index (χ0) is 18.7. The lowest BCUT2D eigenvalue weighted by Gasteiger charge is -2.08. The van der Waals surface area contributed by atoms with Crippen LogP contribution in [0.4, 0.5) is 14.5 Å². The van der Waals surface area contributed by atoms with E-state index in [1.54, 1.807) is 18.2 Å². The smallest absolute Gasteiger partial charge is 0.313 e. The number of nitrogens with one attached hydrogen (secondary N) is 1. The van der Waals surface area contributed by atoms with Crippen LogP contribution < -0.4 is 5.32 Å².